The minimum Gasteiger partial charge on any atom is -0.455 e. The first-order valence-electron chi connectivity index (χ1n) is 5.39. The molecular weight excluding hydrogens is 330 g/mol. The summed E-state index contributed by atoms with van der Waals surface area (Å²) in [5.41, 5.74) is 6.28. The largest absolute Gasteiger partial charge is 0.455 e. The van der Waals surface area contributed by atoms with Crippen molar-refractivity contribution < 1.29 is 13.2 Å². The molecule has 0 spiro atoms. The lowest BCUT2D eigenvalue weighted by atomic mass is 10.3. The van der Waals surface area contributed by atoms with E-state index in [0.29, 0.717) is 17.2 Å². The number of ether oxygens (including phenoxy) is 1. The number of benzene rings is 2. The first kappa shape index (κ1) is 13.9. The van der Waals surface area contributed by atoms with Gasteiger partial charge in [0.25, 0.3) is 0 Å². The number of anilines is 1. The van der Waals surface area contributed by atoms with E-state index in [1.807, 2.05) is 0 Å². The van der Waals surface area contributed by atoms with Crippen molar-refractivity contribution in [3.8, 4) is 11.5 Å². The van der Waals surface area contributed by atoms with Gasteiger partial charge in [0.2, 0.25) is 0 Å². The van der Waals surface area contributed by atoms with Gasteiger partial charge in [-0.1, -0.05) is 22.0 Å². The highest BCUT2D eigenvalue weighted by atomic mass is 79.9. The summed E-state index contributed by atoms with van der Waals surface area (Å²) in [5.74, 6) is 0.896. The van der Waals surface area contributed by atoms with Gasteiger partial charge in [-0.05, 0) is 36.4 Å². The maximum atomic E-state index is 11.5. The third-order valence-corrected chi connectivity index (χ3v) is 4.04. The Kier molecular flexibility index (Phi) is 3.82. The van der Waals surface area contributed by atoms with Crippen molar-refractivity contribution in [1.82, 2.24) is 0 Å². The molecule has 0 amide bonds. The zero-order valence-corrected chi connectivity index (χ0v) is 12.5. The van der Waals surface area contributed by atoms with Gasteiger partial charge >= 0.3 is 0 Å². The molecule has 0 saturated heterocycles. The van der Waals surface area contributed by atoms with Crippen LogP contribution in [0.25, 0.3) is 0 Å². The van der Waals surface area contributed by atoms with E-state index < -0.39 is 9.84 Å². The zero-order chi connectivity index (χ0) is 14.0. The molecule has 0 radical (unpaired) electrons. The summed E-state index contributed by atoms with van der Waals surface area (Å²) in [7, 11) is -3.26. The average molecular weight is 342 g/mol. The van der Waals surface area contributed by atoms with Crippen molar-refractivity contribution in [3.05, 3.63) is 46.9 Å². The van der Waals surface area contributed by atoms with E-state index in [4.69, 9.17) is 10.5 Å². The Hall–Kier alpha value is -1.53. The Morgan fingerprint density at radius 3 is 2.58 bits per heavy atom. The first-order chi connectivity index (χ1) is 8.86. The molecule has 0 aliphatic heterocycles. The zero-order valence-electron chi connectivity index (χ0n) is 10.1. The number of rotatable bonds is 3. The second-order valence-electron chi connectivity index (χ2n) is 4.03. The molecule has 0 bridgehead atoms. The molecule has 0 fully saturated rings. The lowest BCUT2D eigenvalue weighted by Gasteiger charge is -2.09. The van der Waals surface area contributed by atoms with Crippen molar-refractivity contribution in [2.24, 2.45) is 0 Å². The van der Waals surface area contributed by atoms with Crippen LogP contribution in [0.4, 0.5) is 5.69 Å². The molecule has 19 heavy (non-hydrogen) atoms. The van der Waals surface area contributed by atoms with Gasteiger partial charge in [-0.2, -0.15) is 0 Å². The molecule has 6 heteroatoms. The van der Waals surface area contributed by atoms with Gasteiger partial charge in [-0.15, -0.1) is 0 Å². The Balaban J connectivity index is 2.36. The number of nitrogen functional groups attached to an aromatic ring is 1. The minimum absolute atomic E-state index is 0.207. The third-order valence-electron chi connectivity index (χ3n) is 2.44. The van der Waals surface area contributed by atoms with E-state index in [1.165, 1.54) is 12.1 Å². The highest BCUT2D eigenvalue weighted by Crippen LogP contribution is 2.31. The van der Waals surface area contributed by atoms with E-state index in [0.717, 1.165) is 10.7 Å². The molecule has 2 aromatic rings. The Labute approximate surface area is 120 Å². The smallest absolute Gasteiger partial charge is 0.175 e. The van der Waals surface area contributed by atoms with E-state index in [9.17, 15) is 8.42 Å². The standard InChI is InChI=1S/C13H12BrNO3S/c1-19(16,17)11-4-2-3-10(8-11)18-13-7-9(14)5-6-12(13)15/h2-8H,15H2,1H3. The number of nitrogens with two attached hydrogens (primary N) is 1. The summed E-state index contributed by atoms with van der Waals surface area (Å²) in [5, 5.41) is 0. The van der Waals surface area contributed by atoms with Gasteiger partial charge in [-0.25, -0.2) is 8.42 Å². The number of hydrogen-bond acceptors (Lipinski definition) is 4. The Morgan fingerprint density at radius 2 is 1.89 bits per heavy atom. The summed E-state index contributed by atoms with van der Waals surface area (Å²) in [6, 6.07) is 11.5. The number of halogens is 1. The van der Waals surface area contributed by atoms with Crippen LogP contribution in [0.3, 0.4) is 0 Å². The molecule has 0 unspecified atom stereocenters. The molecule has 0 aromatic heterocycles. The summed E-state index contributed by atoms with van der Waals surface area (Å²) in [6.07, 6.45) is 1.15. The Morgan fingerprint density at radius 1 is 1.16 bits per heavy atom. The molecular formula is C13H12BrNO3S. The second-order valence-corrected chi connectivity index (χ2v) is 6.96. The highest BCUT2D eigenvalue weighted by Gasteiger charge is 2.09. The quantitative estimate of drug-likeness (QED) is 0.870. The predicted molar refractivity (Wildman–Crippen MR) is 78.2 cm³/mol. The van der Waals surface area contributed by atoms with Crippen molar-refractivity contribution in [1.29, 1.82) is 0 Å². The molecule has 100 valence electrons. The fourth-order valence-corrected chi connectivity index (χ4v) is 2.49. The second kappa shape index (κ2) is 5.22. The van der Waals surface area contributed by atoms with Crippen molar-refractivity contribution in [2.45, 2.75) is 4.90 Å². The van der Waals surface area contributed by atoms with Gasteiger partial charge in [0.05, 0.1) is 10.6 Å². The third kappa shape index (κ3) is 3.48. The van der Waals surface area contributed by atoms with Crippen LogP contribution < -0.4 is 10.5 Å². The first-order valence-corrected chi connectivity index (χ1v) is 8.08. The summed E-state index contributed by atoms with van der Waals surface area (Å²) in [4.78, 5) is 0.207. The monoisotopic (exact) mass is 341 g/mol. The van der Waals surface area contributed by atoms with Crippen LogP contribution in [0.2, 0.25) is 0 Å². The molecule has 0 aliphatic rings. The fourth-order valence-electron chi connectivity index (χ4n) is 1.49. The molecule has 0 heterocycles. The van der Waals surface area contributed by atoms with E-state index >= 15 is 0 Å². The van der Waals surface area contributed by atoms with Gasteiger partial charge < -0.3 is 10.5 Å². The van der Waals surface area contributed by atoms with Crippen molar-refractivity contribution >= 4 is 31.5 Å². The normalized spacial score (nSPS) is 11.3. The molecule has 2 N–H and O–H groups in total. The summed E-state index contributed by atoms with van der Waals surface area (Å²) in [6.45, 7) is 0. The predicted octanol–water partition coefficient (Wildman–Crippen LogP) is 3.23. The lowest BCUT2D eigenvalue weighted by molar-refractivity contribution is 0.483. The van der Waals surface area contributed by atoms with Crippen molar-refractivity contribution in [3.63, 3.8) is 0 Å². The molecule has 0 saturated carbocycles. The number of hydrogen-bond donors (Lipinski definition) is 1. The molecule has 0 atom stereocenters. The van der Waals surface area contributed by atoms with Gasteiger partial charge in [0.1, 0.15) is 5.75 Å². The van der Waals surface area contributed by atoms with E-state index in [1.54, 1.807) is 30.3 Å². The van der Waals surface area contributed by atoms with Crippen LogP contribution in [0.15, 0.2) is 51.8 Å². The average Bonchev–Trinajstić information content (AvgIpc) is 2.33. The van der Waals surface area contributed by atoms with Crippen molar-refractivity contribution in [2.75, 3.05) is 12.0 Å². The van der Waals surface area contributed by atoms with Crippen LogP contribution in [0.5, 0.6) is 11.5 Å². The van der Waals surface area contributed by atoms with Crippen LogP contribution in [0, 0.1) is 0 Å². The maximum absolute atomic E-state index is 11.5. The highest BCUT2D eigenvalue weighted by molar-refractivity contribution is 9.10. The molecule has 0 aliphatic carbocycles. The topological polar surface area (TPSA) is 69.4 Å². The summed E-state index contributed by atoms with van der Waals surface area (Å²) < 4.78 is 29.4. The lowest BCUT2D eigenvalue weighted by Crippen LogP contribution is -1.97. The fraction of sp³-hybridized carbons (Fsp3) is 0.0769. The summed E-state index contributed by atoms with van der Waals surface area (Å²) >= 11 is 3.32. The van der Waals surface area contributed by atoms with Crippen LogP contribution in [-0.4, -0.2) is 14.7 Å². The van der Waals surface area contributed by atoms with E-state index in [-0.39, 0.29) is 4.90 Å². The van der Waals surface area contributed by atoms with Crippen LogP contribution in [-0.2, 0) is 9.84 Å². The number of sulfone groups is 1. The molecule has 2 aromatic carbocycles. The van der Waals surface area contributed by atoms with Gasteiger partial charge in [-0.3, -0.25) is 0 Å². The van der Waals surface area contributed by atoms with Crippen LogP contribution in [0.1, 0.15) is 0 Å². The van der Waals surface area contributed by atoms with Crippen LogP contribution >= 0.6 is 15.9 Å². The van der Waals surface area contributed by atoms with Gasteiger partial charge in [0.15, 0.2) is 15.6 Å². The minimum atomic E-state index is -3.26. The maximum Gasteiger partial charge on any atom is 0.175 e. The molecule has 2 rings (SSSR count). The van der Waals surface area contributed by atoms with E-state index in [2.05, 4.69) is 15.9 Å². The SMILES string of the molecule is CS(=O)(=O)c1cccc(Oc2cc(Br)ccc2N)c1. The Bertz CT molecular complexity index is 714. The molecule has 4 nitrogen and oxygen atoms in total. The van der Waals surface area contributed by atoms with Gasteiger partial charge in [0, 0.05) is 10.7 Å².